The van der Waals surface area contributed by atoms with E-state index < -0.39 is 0 Å². The summed E-state index contributed by atoms with van der Waals surface area (Å²) in [5, 5.41) is 0. The maximum Gasteiger partial charge on any atom is 0.0375 e. The van der Waals surface area contributed by atoms with Crippen molar-refractivity contribution in [2.45, 2.75) is 25.8 Å². The molecule has 0 fully saturated rings. The van der Waals surface area contributed by atoms with E-state index in [1.807, 2.05) is 13.0 Å². The number of rotatable bonds is 6. The molecule has 0 saturated carbocycles. The summed E-state index contributed by atoms with van der Waals surface area (Å²) in [6, 6.07) is 6.41. The Kier molecular flexibility index (Phi) is 5.72. The third kappa shape index (κ3) is 4.17. The fourth-order valence-corrected chi connectivity index (χ4v) is 2.45. The van der Waals surface area contributed by atoms with Crippen LogP contribution in [0.25, 0.3) is 0 Å². The molecule has 3 heteroatoms. The van der Waals surface area contributed by atoms with Gasteiger partial charge in [0.25, 0.3) is 0 Å². The molecule has 2 N–H and O–H groups in total. The molecule has 2 nitrogen and oxygen atoms in total. The lowest BCUT2D eigenvalue weighted by Gasteiger charge is -2.20. The minimum absolute atomic E-state index is 0.0597. The Bertz CT molecular complexity index is 374. The van der Waals surface area contributed by atoms with Gasteiger partial charge in [-0.3, -0.25) is 0 Å². The van der Waals surface area contributed by atoms with E-state index in [2.05, 4.69) is 52.7 Å². The second-order valence-electron chi connectivity index (χ2n) is 4.35. The zero-order valence-corrected chi connectivity index (χ0v) is 12.2. The summed E-state index contributed by atoms with van der Waals surface area (Å²) in [7, 11) is 2.11. The number of unbranched alkanes of at least 4 members (excludes halogenated alkanes) is 1. The zero-order valence-electron chi connectivity index (χ0n) is 10.6. The van der Waals surface area contributed by atoms with E-state index in [0.717, 1.165) is 29.4 Å². The minimum Gasteiger partial charge on any atom is -0.375 e. The van der Waals surface area contributed by atoms with Gasteiger partial charge in [-0.1, -0.05) is 28.1 Å². The van der Waals surface area contributed by atoms with Gasteiger partial charge in [0, 0.05) is 29.8 Å². The summed E-state index contributed by atoms with van der Waals surface area (Å²) in [5.74, 6) is 0. The lowest BCUT2D eigenvalue weighted by molar-refractivity contribution is 0.795. The predicted molar refractivity (Wildman–Crippen MR) is 79.4 cm³/mol. The number of anilines is 1. The van der Waals surface area contributed by atoms with Crippen LogP contribution in [0.15, 0.2) is 35.3 Å². The predicted octanol–water partition coefficient (Wildman–Crippen LogP) is 3.87. The van der Waals surface area contributed by atoms with Gasteiger partial charge in [0.1, 0.15) is 0 Å². The van der Waals surface area contributed by atoms with Crippen LogP contribution in [0.4, 0.5) is 5.69 Å². The lowest BCUT2D eigenvalue weighted by atomic mass is 10.1. The lowest BCUT2D eigenvalue weighted by Crippen LogP contribution is -2.18. The maximum atomic E-state index is 5.88. The molecule has 0 bridgehead atoms. The van der Waals surface area contributed by atoms with E-state index >= 15 is 0 Å². The van der Waals surface area contributed by atoms with Crippen molar-refractivity contribution in [3.63, 3.8) is 0 Å². The number of benzene rings is 1. The molecule has 1 atom stereocenters. The quantitative estimate of drug-likeness (QED) is 0.638. The van der Waals surface area contributed by atoms with Crippen LogP contribution in [0.5, 0.6) is 0 Å². The summed E-state index contributed by atoms with van der Waals surface area (Å²) in [4.78, 5) is 2.25. The summed E-state index contributed by atoms with van der Waals surface area (Å²) >= 11 is 3.58. The van der Waals surface area contributed by atoms with E-state index in [-0.39, 0.29) is 6.04 Å². The highest BCUT2D eigenvalue weighted by Crippen LogP contribution is 2.27. The molecule has 0 amide bonds. The molecular formula is C14H21BrN2. The summed E-state index contributed by atoms with van der Waals surface area (Å²) in [6.45, 7) is 6.77. The Morgan fingerprint density at radius 1 is 1.53 bits per heavy atom. The standard InChI is InChI=1S/C14H21BrN2/c1-4-5-6-9-17(3)12-7-8-13(11(2)16)14(15)10-12/h4,7-8,10-11H,1,5-6,9,16H2,2-3H3/t11-/m1/s1. The van der Waals surface area contributed by atoms with Gasteiger partial charge in [-0.15, -0.1) is 6.58 Å². The van der Waals surface area contributed by atoms with Crippen molar-refractivity contribution in [2.75, 3.05) is 18.5 Å². The number of hydrogen-bond acceptors (Lipinski definition) is 2. The SMILES string of the molecule is C=CCCCN(C)c1ccc([C@@H](C)N)c(Br)c1. The van der Waals surface area contributed by atoms with E-state index in [1.54, 1.807) is 0 Å². The van der Waals surface area contributed by atoms with E-state index in [0.29, 0.717) is 0 Å². The Labute approximate surface area is 113 Å². The van der Waals surface area contributed by atoms with Gasteiger partial charge in [-0.25, -0.2) is 0 Å². The smallest absolute Gasteiger partial charge is 0.0375 e. The summed E-state index contributed by atoms with van der Waals surface area (Å²) in [5.41, 5.74) is 8.24. The average Bonchev–Trinajstić information content (AvgIpc) is 2.28. The molecule has 0 aliphatic carbocycles. The Morgan fingerprint density at radius 2 is 2.24 bits per heavy atom. The van der Waals surface area contributed by atoms with E-state index in [1.165, 1.54) is 5.69 Å². The molecular weight excluding hydrogens is 276 g/mol. The van der Waals surface area contributed by atoms with Crippen LogP contribution < -0.4 is 10.6 Å². The van der Waals surface area contributed by atoms with E-state index in [9.17, 15) is 0 Å². The van der Waals surface area contributed by atoms with Crippen molar-refractivity contribution < 1.29 is 0 Å². The first-order valence-electron chi connectivity index (χ1n) is 5.93. The van der Waals surface area contributed by atoms with Crippen LogP contribution in [0.2, 0.25) is 0 Å². The minimum atomic E-state index is 0.0597. The molecule has 1 aromatic rings. The molecule has 94 valence electrons. The molecule has 0 heterocycles. The molecule has 0 saturated heterocycles. The topological polar surface area (TPSA) is 29.3 Å². The first kappa shape index (κ1) is 14.3. The van der Waals surface area contributed by atoms with Crippen LogP contribution in [-0.2, 0) is 0 Å². The van der Waals surface area contributed by atoms with Crippen molar-refractivity contribution in [1.82, 2.24) is 0 Å². The molecule has 0 spiro atoms. The fourth-order valence-electron chi connectivity index (χ4n) is 1.72. The van der Waals surface area contributed by atoms with Crippen molar-refractivity contribution >= 4 is 21.6 Å². The van der Waals surface area contributed by atoms with Crippen LogP contribution in [0.1, 0.15) is 31.4 Å². The summed E-state index contributed by atoms with van der Waals surface area (Å²) < 4.78 is 1.08. The number of allylic oxidation sites excluding steroid dienone is 1. The molecule has 0 aromatic heterocycles. The third-order valence-corrected chi connectivity index (χ3v) is 3.50. The molecule has 0 aliphatic heterocycles. The van der Waals surface area contributed by atoms with Crippen LogP contribution in [0.3, 0.4) is 0 Å². The number of nitrogens with zero attached hydrogens (tertiary/aromatic N) is 1. The molecule has 1 rings (SSSR count). The highest BCUT2D eigenvalue weighted by atomic mass is 79.9. The number of halogens is 1. The first-order valence-corrected chi connectivity index (χ1v) is 6.72. The largest absolute Gasteiger partial charge is 0.375 e. The highest BCUT2D eigenvalue weighted by molar-refractivity contribution is 9.10. The summed E-state index contributed by atoms with van der Waals surface area (Å²) in [6.07, 6.45) is 4.15. The van der Waals surface area contributed by atoms with Crippen molar-refractivity contribution in [2.24, 2.45) is 5.73 Å². The van der Waals surface area contributed by atoms with Crippen molar-refractivity contribution in [3.8, 4) is 0 Å². The van der Waals surface area contributed by atoms with Gasteiger partial charge >= 0.3 is 0 Å². The normalized spacial score (nSPS) is 12.2. The molecule has 0 radical (unpaired) electrons. The van der Waals surface area contributed by atoms with Crippen LogP contribution in [-0.4, -0.2) is 13.6 Å². The van der Waals surface area contributed by atoms with Gasteiger partial charge in [-0.2, -0.15) is 0 Å². The first-order chi connectivity index (χ1) is 8.06. The zero-order chi connectivity index (χ0) is 12.8. The van der Waals surface area contributed by atoms with Gasteiger partial charge in [-0.05, 0) is 37.5 Å². The fraction of sp³-hybridized carbons (Fsp3) is 0.429. The Hall–Kier alpha value is -0.800. The molecule has 1 aromatic carbocycles. The molecule has 0 aliphatic rings. The maximum absolute atomic E-state index is 5.88. The number of hydrogen-bond donors (Lipinski definition) is 1. The second-order valence-corrected chi connectivity index (χ2v) is 5.20. The van der Waals surface area contributed by atoms with E-state index in [4.69, 9.17) is 5.73 Å². The van der Waals surface area contributed by atoms with Gasteiger partial charge < -0.3 is 10.6 Å². The average molecular weight is 297 g/mol. The molecule has 17 heavy (non-hydrogen) atoms. The van der Waals surface area contributed by atoms with Crippen molar-refractivity contribution in [3.05, 3.63) is 40.9 Å². The van der Waals surface area contributed by atoms with Crippen LogP contribution >= 0.6 is 15.9 Å². The highest BCUT2D eigenvalue weighted by Gasteiger charge is 2.07. The second kappa shape index (κ2) is 6.82. The Morgan fingerprint density at radius 3 is 2.76 bits per heavy atom. The van der Waals surface area contributed by atoms with Crippen LogP contribution in [0, 0.1) is 0 Å². The van der Waals surface area contributed by atoms with Gasteiger partial charge in [0.05, 0.1) is 0 Å². The third-order valence-electron chi connectivity index (χ3n) is 2.82. The van der Waals surface area contributed by atoms with Gasteiger partial charge in [0.2, 0.25) is 0 Å². The van der Waals surface area contributed by atoms with Crippen molar-refractivity contribution in [1.29, 1.82) is 0 Å². The Balaban J connectivity index is 2.72. The number of nitrogens with two attached hydrogens (primary N) is 1. The van der Waals surface area contributed by atoms with Gasteiger partial charge in [0.15, 0.2) is 0 Å². The monoisotopic (exact) mass is 296 g/mol. The molecule has 0 unspecified atom stereocenters.